The van der Waals surface area contributed by atoms with Gasteiger partial charge in [-0.1, -0.05) is 0 Å². The molecule has 1 fully saturated rings. The molecule has 1 aromatic rings. The molecule has 1 saturated heterocycles. The van der Waals surface area contributed by atoms with Gasteiger partial charge in [0.15, 0.2) is 27.4 Å². The van der Waals surface area contributed by atoms with Crippen molar-refractivity contribution >= 4 is 15.8 Å². The van der Waals surface area contributed by atoms with Crippen LogP contribution in [0.2, 0.25) is 0 Å². The highest BCUT2D eigenvalue weighted by Crippen LogP contribution is 2.23. The Balaban J connectivity index is 1.98. The van der Waals surface area contributed by atoms with Gasteiger partial charge in [-0.05, 0) is 32.9 Å². The van der Waals surface area contributed by atoms with Gasteiger partial charge in [0.25, 0.3) is 0 Å². The fourth-order valence-corrected chi connectivity index (χ4v) is 4.02. The van der Waals surface area contributed by atoms with Crippen molar-refractivity contribution in [1.29, 1.82) is 0 Å². The smallest absolute Gasteiger partial charge is 0.194 e. The van der Waals surface area contributed by atoms with E-state index in [1.165, 1.54) is 6.07 Å². The fourth-order valence-electron chi connectivity index (χ4n) is 2.65. The van der Waals surface area contributed by atoms with E-state index < -0.39 is 26.2 Å². The number of sulfone groups is 1. The largest absolute Gasteiger partial charge is 0.489 e. The molecule has 1 aliphatic rings. The van der Waals surface area contributed by atoms with Crippen LogP contribution in [0.15, 0.2) is 23.2 Å². The van der Waals surface area contributed by atoms with Crippen LogP contribution in [0.1, 0.15) is 20.8 Å². The third-order valence-corrected chi connectivity index (χ3v) is 6.72. The van der Waals surface area contributed by atoms with Crippen molar-refractivity contribution in [1.82, 2.24) is 10.2 Å². The molecule has 0 spiro atoms. The number of guanidine groups is 1. The molecular formula is C17H25F2N3O3S. The van der Waals surface area contributed by atoms with Crippen LogP contribution >= 0.6 is 0 Å². The van der Waals surface area contributed by atoms with Crippen LogP contribution in [-0.4, -0.2) is 62.6 Å². The Kier molecular flexibility index (Phi) is 6.44. The molecule has 9 heteroatoms. The Hall–Kier alpha value is -1.90. The van der Waals surface area contributed by atoms with Gasteiger partial charge in [0, 0.05) is 25.7 Å². The molecule has 1 aliphatic heterocycles. The molecule has 26 heavy (non-hydrogen) atoms. The molecule has 2 rings (SSSR count). The maximum absolute atomic E-state index is 13.5. The minimum absolute atomic E-state index is 0.0307. The standard InChI is InChI=1S/C17H25F2N3O3S/c1-4-20-16(22-8-10-26(23,24)17(2,3)12-22)21-7-9-25-15-6-5-13(18)11-14(15)19/h5-6,11H,4,7-10,12H2,1-3H3,(H,20,21). The van der Waals surface area contributed by atoms with Crippen LogP contribution in [0.25, 0.3) is 0 Å². The van der Waals surface area contributed by atoms with Crippen molar-refractivity contribution in [2.24, 2.45) is 4.99 Å². The minimum atomic E-state index is -3.13. The SMILES string of the molecule is CCNC(=NCCOc1ccc(F)cc1F)N1CCS(=O)(=O)C(C)(C)C1. The predicted molar refractivity (Wildman–Crippen MR) is 97.3 cm³/mol. The highest BCUT2D eigenvalue weighted by Gasteiger charge is 2.40. The van der Waals surface area contributed by atoms with Crippen molar-refractivity contribution in [2.75, 3.05) is 38.5 Å². The van der Waals surface area contributed by atoms with Crippen molar-refractivity contribution < 1.29 is 21.9 Å². The fraction of sp³-hybridized carbons (Fsp3) is 0.588. The Morgan fingerprint density at radius 2 is 2.12 bits per heavy atom. The molecule has 0 amide bonds. The number of benzene rings is 1. The van der Waals surface area contributed by atoms with Gasteiger partial charge in [-0.3, -0.25) is 0 Å². The van der Waals surface area contributed by atoms with Crippen LogP contribution in [0.4, 0.5) is 8.78 Å². The second kappa shape index (κ2) is 8.20. The van der Waals surface area contributed by atoms with E-state index in [-0.39, 0.29) is 24.7 Å². The lowest BCUT2D eigenvalue weighted by molar-refractivity contribution is 0.307. The van der Waals surface area contributed by atoms with Crippen molar-refractivity contribution in [3.8, 4) is 5.75 Å². The van der Waals surface area contributed by atoms with Gasteiger partial charge in [-0.2, -0.15) is 0 Å². The second-order valence-electron chi connectivity index (χ2n) is 6.66. The van der Waals surface area contributed by atoms with E-state index in [4.69, 9.17) is 4.74 Å². The first kappa shape index (κ1) is 20.4. The molecule has 0 radical (unpaired) electrons. The van der Waals surface area contributed by atoms with E-state index in [9.17, 15) is 17.2 Å². The lowest BCUT2D eigenvalue weighted by Gasteiger charge is -2.39. The highest BCUT2D eigenvalue weighted by atomic mass is 32.2. The number of nitrogens with zero attached hydrogens (tertiary/aromatic N) is 2. The summed E-state index contributed by atoms with van der Waals surface area (Å²) in [6.07, 6.45) is 0. The van der Waals surface area contributed by atoms with Gasteiger partial charge in [0.1, 0.15) is 12.4 Å². The van der Waals surface area contributed by atoms with Crippen LogP contribution in [-0.2, 0) is 9.84 Å². The summed E-state index contributed by atoms with van der Waals surface area (Å²) in [5.74, 6) is -0.786. The van der Waals surface area contributed by atoms with Crippen LogP contribution < -0.4 is 10.1 Å². The number of ether oxygens (including phenoxy) is 1. The van der Waals surface area contributed by atoms with E-state index in [1.807, 2.05) is 11.8 Å². The van der Waals surface area contributed by atoms with Crippen LogP contribution in [0.3, 0.4) is 0 Å². The highest BCUT2D eigenvalue weighted by molar-refractivity contribution is 7.92. The summed E-state index contributed by atoms with van der Waals surface area (Å²) in [6.45, 7) is 7.05. The molecule has 0 aliphatic carbocycles. The number of hydrogen-bond acceptors (Lipinski definition) is 4. The maximum Gasteiger partial charge on any atom is 0.194 e. The number of hydrogen-bond donors (Lipinski definition) is 1. The van der Waals surface area contributed by atoms with E-state index in [0.717, 1.165) is 12.1 Å². The quantitative estimate of drug-likeness (QED) is 0.473. The lowest BCUT2D eigenvalue weighted by Crippen LogP contribution is -2.57. The normalized spacial score (nSPS) is 19.3. The Labute approximate surface area is 153 Å². The molecule has 0 bridgehead atoms. The summed E-state index contributed by atoms with van der Waals surface area (Å²) >= 11 is 0. The molecule has 6 nitrogen and oxygen atoms in total. The molecule has 0 aromatic heterocycles. The number of rotatable bonds is 5. The van der Waals surface area contributed by atoms with Crippen LogP contribution in [0, 0.1) is 11.6 Å². The predicted octanol–water partition coefficient (Wildman–Crippen LogP) is 1.82. The van der Waals surface area contributed by atoms with Gasteiger partial charge in [-0.15, -0.1) is 0 Å². The summed E-state index contributed by atoms with van der Waals surface area (Å²) < 4.78 is 55.1. The van der Waals surface area contributed by atoms with Crippen molar-refractivity contribution in [3.05, 3.63) is 29.8 Å². The molecular weight excluding hydrogens is 364 g/mol. The monoisotopic (exact) mass is 389 g/mol. The molecule has 1 heterocycles. The summed E-state index contributed by atoms with van der Waals surface area (Å²) in [5.41, 5.74) is 0. The topological polar surface area (TPSA) is 71.0 Å². The van der Waals surface area contributed by atoms with Gasteiger partial charge < -0.3 is 15.0 Å². The average Bonchev–Trinajstić information content (AvgIpc) is 2.55. The first-order valence-electron chi connectivity index (χ1n) is 8.50. The number of aliphatic imine (C=N–C) groups is 1. The Bertz CT molecular complexity index is 767. The van der Waals surface area contributed by atoms with E-state index >= 15 is 0 Å². The molecule has 146 valence electrons. The van der Waals surface area contributed by atoms with Gasteiger partial charge in [-0.25, -0.2) is 22.2 Å². The van der Waals surface area contributed by atoms with Gasteiger partial charge in [0.05, 0.1) is 17.0 Å². The Morgan fingerprint density at radius 3 is 2.73 bits per heavy atom. The van der Waals surface area contributed by atoms with E-state index in [1.54, 1.807) is 13.8 Å². The van der Waals surface area contributed by atoms with E-state index in [2.05, 4.69) is 10.3 Å². The molecule has 1 aromatic carbocycles. The zero-order chi connectivity index (χ0) is 19.4. The molecule has 0 unspecified atom stereocenters. The summed E-state index contributed by atoms with van der Waals surface area (Å²) in [4.78, 5) is 6.33. The first-order valence-corrected chi connectivity index (χ1v) is 10.1. The average molecular weight is 389 g/mol. The lowest BCUT2D eigenvalue weighted by atomic mass is 10.2. The summed E-state index contributed by atoms with van der Waals surface area (Å²) in [7, 11) is -3.13. The van der Waals surface area contributed by atoms with Gasteiger partial charge >= 0.3 is 0 Å². The number of nitrogens with one attached hydrogen (secondary N) is 1. The molecule has 0 saturated carbocycles. The summed E-state index contributed by atoms with van der Waals surface area (Å²) in [5, 5.41) is 3.14. The Morgan fingerprint density at radius 1 is 1.38 bits per heavy atom. The van der Waals surface area contributed by atoms with Crippen LogP contribution in [0.5, 0.6) is 5.75 Å². The van der Waals surface area contributed by atoms with Crippen molar-refractivity contribution in [3.63, 3.8) is 0 Å². The summed E-state index contributed by atoms with van der Waals surface area (Å²) in [6, 6.07) is 3.12. The van der Waals surface area contributed by atoms with E-state index in [0.29, 0.717) is 25.6 Å². The third kappa shape index (κ3) is 4.84. The minimum Gasteiger partial charge on any atom is -0.489 e. The van der Waals surface area contributed by atoms with Crippen molar-refractivity contribution in [2.45, 2.75) is 25.5 Å². The first-order chi connectivity index (χ1) is 12.2. The zero-order valence-electron chi connectivity index (χ0n) is 15.3. The molecule has 0 atom stereocenters. The maximum atomic E-state index is 13.5. The van der Waals surface area contributed by atoms with Gasteiger partial charge in [0.2, 0.25) is 0 Å². The molecule has 1 N–H and O–H groups in total. The third-order valence-electron chi connectivity index (χ3n) is 4.18. The number of halogens is 2. The zero-order valence-corrected chi connectivity index (χ0v) is 16.1. The second-order valence-corrected chi connectivity index (χ2v) is 9.40.